The lowest BCUT2D eigenvalue weighted by molar-refractivity contribution is 0.0310. The van der Waals surface area contributed by atoms with Crippen molar-refractivity contribution in [1.82, 2.24) is 0 Å². The minimum atomic E-state index is -1.02. The molecule has 0 aliphatic heterocycles. The summed E-state index contributed by atoms with van der Waals surface area (Å²) in [7, 11) is 0. The molecule has 0 saturated carbocycles. The predicted molar refractivity (Wildman–Crippen MR) is 37.7 cm³/mol. The van der Waals surface area contributed by atoms with Crippen molar-refractivity contribution >= 4 is 0 Å². The first-order chi connectivity index (χ1) is 4.12. The SMILES string of the molecule is CCCC(N)(O)CCN. The van der Waals surface area contributed by atoms with Gasteiger partial charge in [-0.1, -0.05) is 13.3 Å². The Morgan fingerprint density at radius 3 is 2.33 bits per heavy atom. The van der Waals surface area contributed by atoms with E-state index < -0.39 is 5.72 Å². The van der Waals surface area contributed by atoms with E-state index in [1.54, 1.807) is 0 Å². The molecule has 5 N–H and O–H groups in total. The molecule has 0 saturated heterocycles. The summed E-state index contributed by atoms with van der Waals surface area (Å²) in [6.45, 7) is 2.43. The topological polar surface area (TPSA) is 72.3 Å². The van der Waals surface area contributed by atoms with Crippen LogP contribution in [0.3, 0.4) is 0 Å². The molecule has 0 heterocycles. The fourth-order valence-corrected chi connectivity index (χ4v) is 0.808. The van der Waals surface area contributed by atoms with Gasteiger partial charge in [0, 0.05) is 6.42 Å². The summed E-state index contributed by atoms with van der Waals surface area (Å²) >= 11 is 0. The third kappa shape index (κ3) is 4.39. The summed E-state index contributed by atoms with van der Waals surface area (Å²) < 4.78 is 0. The second-order valence-corrected chi connectivity index (χ2v) is 2.39. The Kier molecular flexibility index (Phi) is 3.77. The maximum absolute atomic E-state index is 9.21. The van der Waals surface area contributed by atoms with E-state index >= 15 is 0 Å². The van der Waals surface area contributed by atoms with Crippen molar-refractivity contribution in [1.29, 1.82) is 0 Å². The van der Waals surface area contributed by atoms with E-state index in [0.717, 1.165) is 6.42 Å². The van der Waals surface area contributed by atoms with Gasteiger partial charge in [-0.2, -0.15) is 0 Å². The first-order valence-electron chi connectivity index (χ1n) is 3.33. The lowest BCUT2D eigenvalue weighted by atomic mass is 10.1. The third-order valence-corrected chi connectivity index (χ3v) is 1.26. The van der Waals surface area contributed by atoms with Gasteiger partial charge >= 0.3 is 0 Å². The molecule has 0 radical (unpaired) electrons. The van der Waals surface area contributed by atoms with Crippen molar-refractivity contribution in [3.63, 3.8) is 0 Å². The van der Waals surface area contributed by atoms with E-state index in [1.807, 2.05) is 6.92 Å². The van der Waals surface area contributed by atoms with Gasteiger partial charge in [0.2, 0.25) is 0 Å². The van der Waals surface area contributed by atoms with E-state index in [1.165, 1.54) is 0 Å². The van der Waals surface area contributed by atoms with Crippen LogP contribution >= 0.6 is 0 Å². The average molecular weight is 132 g/mol. The van der Waals surface area contributed by atoms with Crippen LogP contribution in [0.1, 0.15) is 26.2 Å². The maximum atomic E-state index is 9.21. The highest BCUT2D eigenvalue weighted by Crippen LogP contribution is 2.08. The molecule has 0 spiro atoms. The van der Waals surface area contributed by atoms with Crippen LogP contribution in [0, 0.1) is 0 Å². The molecule has 0 aromatic carbocycles. The zero-order chi connectivity index (χ0) is 7.33. The Labute approximate surface area is 56.0 Å². The highest BCUT2D eigenvalue weighted by Gasteiger charge is 2.17. The summed E-state index contributed by atoms with van der Waals surface area (Å²) in [5.41, 5.74) is 9.59. The van der Waals surface area contributed by atoms with Crippen molar-refractivity contribution in [2.75, 3.05) is 6.54 Å². The molecule has 1 unspecified atom stereocenters. The normalized spacial score (nSPS) is 17.3. The van der Waals surface area contributed by atoms with Crippen LogP contribution in [0.15, 0.2) is 0 Å². The van der Waals surface area contributed by atoms with Crippen molar-refractivity contribution in [3.05, 3.63) is 0 Å². The van der Waals surface area contributed by atoms with E-state index in [0.29, 0.717) is 19.4 Å². The molecule has 3 heteroatoms. The Balaban J connectivity index is 3.43. The van der Waals surface area contributed by atoms with Crippen molar-refractivity contribution in [2.45, 2.75) is 31.9 Å². The van der Waals surface area contributed by atoms with Crippen molar-refractivity contribution < 1.29 is 5.11 Å². The van der Waals surface area contributed by atoms with Gasteiger partial charge in [-0.25, -0.2) is 0 Å². The van der Waals surface area contributed by atoms with Gasteiger partial charge < -0.3 is 16.6 Å². The van der Waals surface area contributed by atoms with Gasteiger partial charge in [-0.15, -0.1) is 0 Å². The van der Waals surface area contributed by atoms with Gasteiger partial charge in [0.25, 0.3) is 0 Å². The van der Waals surface area contributed by atoms with Crippen molar-refractivity contribution in [2.24, 2.45) is 11.5 Å². The zero-order valence-corrected chi connectivity index (χ0v) is 5.93. The summed E-state index contributed by atoms with van der Waals surface area (Å²) in [4.78, 5) is 0. The first kappa shape index (κ1) is 8.88. The quantitative estimate of drug-likeness (QED) is 0.463. The van der Waals surface area contributed by atoms with E-state index in [9.17, 15) is 5.11 Å². The second-order valence-electron chi connectivity index (χ2n) is 2.39. The summed E-state index contributed by atoms with van der Waals surface area (Å²) in [6, 6.07) is 0. The highest BCUT2D eigenvalue weighted by molar-refractivity contribution is 4.69. The molecule has 0 bridgehead atoms. The molecular formula is C6H16N2O. The number of aliphatic hydroxyl groups is 1. The Morgan fingerprint density at radius 2 is 2.00 bits per heavy atom. The highest BCUT2D eigenvalue weighted by atomic mass is 16.3. The van der Waals surface area contributed by atoms with E-state index in [2.05, 4.69) is 0 Å². The van der Waals surface area contributed by atoms with Crippen LogP contribution in [0.4, 0.5) is 0 Å². The molecule has 0 aliphatic carbocycles. The molecule has 0 rings (SSSR count). The Bertz CT molecular complexity index is 65.5. The van der Waals surface area contributed by atoms with Crippen LogP contribution in [-0.4, -0.2) is 17.4 Å². The first-order valence-corrected chi connectivity index (χ1v) is 3.33. The lowest BCUT2D eigenvalue weighted by Crippen LogP contribution is -2.41. The van der Waals surface area contributed by atoms with Crippen LogP contribution < -0.4 is 11.5 Å². The summed E-state index contributed by atoms with van der Waals surface area (Å²) in [5, 5.41) is 9.21. The predicted octanol–water partition coefficient (Wildman–Crippen LogP) is -0.217. The molecule has 56 valence electrons. The van der Waals surface area contributed by atoms with Crippen LogP contribution in [0.2, 0.25) is 0 Å². The minimum Gasteiger partial charge on any atom is -0.376 e. The van der Waals surface area contributed by atoms with Gasteiger partial charge in [-0.3, -0.25) is 0 Å². The monoisotopic (exact) mass is 132 g/mol. The van der Waals surface area contributed by atoms with Crippen molar-refractivity contribution in [3.8, 4) is 0 Å². The van der Waals surface area contributed by atoms with Gasteiger partial charge in [0.1, 0.15) is 5.72 Å². The largest absolute Gasteiger partial charge is 0.376 e. The van der Waals surface area contributed by atoms with Gasteiger partial charge in [0.05, 0.1) is 0 Å². The Hall–Kier alpha value is -0.120. The molecule has 0 amide bonds. The average Bonchev–Trinajstić information content (AvgIpc) is 1.64. The lowest BCUT2D eigenvalue weighted by Gasteiger charge is -2.20. The van der Waals surface area contributed by atoms with Crippen LogP contribution in [0.25, 0.3) is 0 Å². The molecule has 0 fully saturated rings. The second kappa shape index (κ2) is 3.82. The fourth-order valence-electron chi connectivity index (χ4n) is 0.808. The van der Waals surface area contributed by atoms with E-state index in [-0.39, 0.29) is 0 Å². The Morgan fingerprint density at radius 1 is 1.44 bits per heavy atom. The number of nitrogens with two attached hydrogens (primary N) is 2. The zero-order valence-electron chi connectivity index (χ0n) is 5.93. The fraction of sp³-hybridized carbons (Fsp3) is 1.00. The standard InChI is InChI=1S/C6H16N2O/c1-2-3-6(8,9)4-5-7/h9H,2-5,7-8H2,1H3. The maximum Gasteiger partial charge on any atom is 0.114 e. The van der Waals surface area contributed by atoms with E-state index in [4.69, 9.17) is 11.5 Å². The smallest absolute Gasteiger partial charge is 0.114 e. The van der Waals surface area contributed by atoms with Crippen LogP contribution in [0.5, 0.6) is 0 Å². The third-order valence-electron chi connectivity index (χ3n) is 1.26. The molecule has 0 aliphatic rings. The van der Waals surface area contributed by atoms with Gasteiger partial charge in [-0.05, 0) is 13.0 Å². The molecule has 9 heavy (non-hydrogen) atoms. The molecular weight excluding hydrogens is 116 g/mol. The molecule has 0 aromatic heterocycles. The number of hydrogen-bond acceptors (Lipinski definition) is 3. The number of hydrogen-bond donors (Lipinski definition) is 3. The number of rotatable bonds is 4. The molecule has 3 nitrogen and oxygen atoms in total. The summed E-state index contributed by atoms with van der Waals surface area (Å²) in [6.07, 6.45) is 2.01. The molecule has 0 aromatic rings. The van der Waals surface area contributed by atoms with Gasteiger partial charge in [0.15, 0.2) is 0 Å². The summed E-state index contributed by atoms with van der Waals surface area (Å²) in [5.74, 6) is 0. The van der Waals surface area contributed by atoms with Crippen LogP contribution in [-0.2, 0) is 0 Å². The molecule has 1 atom stereocenters. The minimum absolute atomic E-state index is 0.451.